The zero-order valence-electron chi connectivity index (χ0n) is 19.9. The third kappa shape index (κ3) is 5.52. The Bertz CT molecular complexity index is 1510. The molecule has 1 aliphatic rings. The standard InChI is InChI=1S/C28H22N2O6S/c1-34-23-8-4-2-6-18(23)12-19(28-30-20-7-3-5-9-25(20)37-28)14-27(33)36-15-22(31)17-10-11-24-21(13-17)29-26(32)16-35-24/h2-13H,14-16H2,1H3,(H,29,32). The number of amides is 1. The van der Waals surface area contributed by atoms with Gasteiger partial charge in [-0.1, -0.05) is 30.3 Å². The van der Waals surface area contributed by atoms with Gasteiger partial charge in [0.05, 0.1) is 29.4 Å². The van der Waals surface area contributed by atoms with E-state index in [1.54, 1.807) is 19.2 Å². The minimum absolute atomic E-state index is 0.0722. The van der Waals surface area contributed by atoms with E-state index in [0.717, 1.165) is 15.8 Å². The van der Waals surface area contributed by atoms with E-state index in [2.05, 4.69) is 5.32 Å². The number of para-hydroxylation sites is 2. The molecule has 0 spiro atoms. The van der Waals surface area contributed by atoms with Crippen molar-refractivity contribution in [2.75, 3.05) is 25.6 Å². The van der Waals surface area contributed by atoms with E-state index < -0.39 is 18.4 Å². The van der Waals surface area contributed by atoms with Gasteiger partial charge in [-0.15, -0.1) is 11.3 Å². The molecule has 1 aliphatic heterocycles. The zero-order chi connectivity index (χ0) is 25.8. The maximum atomic E-state index is 12.9. The van der Waals surface area contributed by atoms with Crippen molar-refractivity contribution in [3.8, 4) is 11.5 Å². The molecule has 1 amide bonds. The third-order valence-electron chi connectivity index (χ3n) is 5.67. The summed E-state index contributed by atoms with van der Waals surface area (Å²) in [5, 5.41) is 3.34. The number of aromatic nitrogens is 1. The number of methoxy groups -OCH3 is 1. The number of thiazole rings is 1. The lowest BCUT2D eigenvalue weighted by Crippen LogP contribution is -2.25. The molecule has 9 heteroatoms. The smallest absolute Gasteiger partial charge is 0.310 e. The molecule has 1 N–H and O–H groups in total. The van der Waals surface area contributed by atoms with Crippen LogP contribution in [0.25, 0.3) is 21.9 Å². The lowest BCUT2D eigenvalue weighted by Gasteiger charge is -2.18. The summed E-state index contributed by atoms with van der Waals surface area (Å²) in [5.74, 6) is -0.120. The highest BCUT2D eigenvalue weighted by molar-refractivity contribution is 7.19. The highest BCUT2D eigenvalue weighted by Gasteiger charge is 2.20. The first-order valence-electron chi connectivity index (χ1n) is 11.5. The first-order chi connectivity index (χ1) is 18.0. The van der Waals surface area contributed by atoms with E-state index in [9.17, 15) is 14.4 Å². The second kappa shape index (κ2) is 10.6. The van der Waals surface area contributed by atoms with Gasteiger partial charge in [0.25, 0.3) is 5.91 Å². The Labute approximate surface area is 216 Å². The van der Waals surface area contributed by atoms with Crippen molar-refractivity contribution < 1.29 is 28.6 Å². The van der Waals surface area contributed by atoms with E-state index in [1.165, 1.54) is 17.4 Å². The number of fused-ring (bicyclic) bond motifs is 2. The molecule has 3 aromatic carbocycles. The summed E-state index contributed by atoms with van der Waals surface area (Å²) < 4.78 is 17.1. The number of carbonyl (C=O) groups excluding carboxylic acids is 3. The maximum absolute atomic E-state index is 12.9. The van der Waals surface area contributed by atoms with Crippen molar-refractivity contribution >= 4 is 56.5 Å². The normalized spacial score (nSPS) is 12.9. The molecule has 0 saturated heterocycles. The van der Waals surface area contributed by atoms with Gasteiger partial charge in [-0.3, -0.25) is 14.4 Å². The molecule has 0 fully saturated rings. The molecule has 186 valence electrons. The lowest BCUT2D eigenvalue weighted by molar-refractivity contribution is -0.141. The van der Waals surface area contributed by atoms with Crippen LogP contribution in [-0.2, 0) is 14.3 Å². The first kappa shape index (κ1) is 24.2. The van der Waals surface area contributed by atoms with Gasteiger partial charge in [0.15, 0.2) is 19.0 Å². The fourth-order valence-electron chi connectivity index (χ4n) is 3.86. The number of hydrogen-bond donors (Lipinski definition) is 1. The number of benzene rings is 3. The fraction of sp³-hybridized carbons (Fsp3) is 0.143. The number of Topliss-reactive ketones (excluding diaryl/α,β-unsaturated/α-hetero) is 1. The second-order valence-electron chi connectivity index (χ2n) is 8.21. The van der Waals surface area contributed by atoms with Gasteiger partial charge in [0.2, 0.25) is 0 Å². The van der Waals surface area contributed by atoms with Crippen LogP contribution in [0.5, 0.6) is 11.5 Å². The van der Waals surface area contributed by atoms with Crippen molar-refractivity contribution in [1.29, 1.82) is 0 Å². The van der Waals surface area contributed by atoms with Crippen LogP contribution in [0.4, 0.5) is 5.69 Å². The van der Waals surface area contributed by atoms with Gasteiger partial charge in [-0.05, 0) is 48.0 Å². The van der Waals surface area contributed by atoms with Crippen molar-refractivity contribution in [3.63, 3.8) is 0 Å². The Morgan fingerprint density at radius 1 is 1.11 bits per heavy atom. The van der Waals surface area contributed by atoms with Crippen LogP contribution in [0.15, 0.2) is 66.7 Å². The molecule has 2 heterocycles. The highest BCUT2D eigenvalue weighted by Crippen LogP contribution is 2.32. The van der Waals surface area contributed by atoms with Crippen molar-refractivity contribution in [2.24, 2.45) is 0 Å². The van der Waals surface area contributed by atoms with Gasteiger partial charge in [-0.2, -0.15) is 0 Å². The Morgan fingerprint density at radius 3 is 2.76 bits per heavy atom. The number of esters is 1. The van der Waals surface area contributed by atoms with Crippen molar-refractivity contribution in [3.05, 3.63) is 82.9 Å². The van der Waals surface area contributed by atoms with E-state index in [4.69, 9.17) is 19.2 Å². The van der Waals surface area contributed by atoms with Gasteiger partial charge in [0.1, 0.15) is 16.5 Å². The van der Waals surface area contributed by atoms with Gasteiger partial charge < -0.3 is 19.5 Å². The Morgan fingerprint density at radius 2 is 1.92 bits per heavy atom. The molecule has 0 unspecified atom stereocenters. The number of rotatable bonds is 8. The van der Waals surface area contributed by atoms with Crippen LogP contribution in [0.2, 0.25) is 0 Å². The number of ketones is 1. The van der Waals surface area contributed by atoms with Crippen LogP contribution in [0.3, 0.4) is 0 Å². The van der Waals surface area contributed by atoms with E-state index in [-0.39, 0.29) is 18.9 Å². The summed E-state index contributed by atoms with van der Waals surface area (Å²) in [6.07, 6.45) is 1.77. The number of carbonyl (C=O) groups is 3. The zero-order valence-corrected chi connectivity index (χ0v) is 20.7. The minimum atomic E-state index is -0.566. The quantitative estimate of drug-likeness (QED) is 0.261. The molecule has 0 aliphatic carbocycles. The van der Waals surface area contributed by atoms with Crippen LogP contribution in [-0.4, -0.2) is 43.0 Å². The lowest BCUT2D eigenvalue weighted by atomic mass is 10.1. The molecular weight excluding hydrogens is 492 g/mol. The predicted octanol–water partition coefficient (Wildman–Crippen LogP) is 4.99. The van der Waals surface area contributed by atoms with E-state index in [1.807, 2.05) is 54.6 Å². The summed E-state index contributed by atoms with van der Waals surface area (Å²) in [6, 6.07) is 19.9. The molecule has 8 nitrogen and oxygen atoms in total. The maximum Gasteiger partial charge on any atom is 0.310 e. The average molecular weight is 515 g/mol. The number of hydrogen-bond acceptors (Lipinski definition) is 8. The molecular formula is C28H22N2O6S. The fourth-order valence-corrected chi connectivity index (χ4v) is 4.84. The van der Waals surface area contributed by atoms with Gasteiger partial charge >= 0.3 is 5.97 Å². The monoisotopic (exact) mass is 514 g/mol. The molecule has 0 radical (unpaired) electrons. The van der Waals surface area contributed by atoms with Crippen molar-refractivity contribution in [1.82, 2.24) is 4.98 Å². The molecule has 1 aromatic heterocycles. The summed E-state index contributed by atoms with van der Waals surface area (Å²) in [7, 11) is 1.59. The SMILES string of the molecule is COc1ccccc1C=C(CC(=O)OCC(=O)c1ccc2c(c1)NC(=O)CO2)c1nc2ccccc2s1. The van der Waals surface area contributed by atoms with Crippen LogP contribution >= 0.6 is 11.3 Å². The van der Waals surface area contributed by atoms with Gasteiger partial charge in [0, 0.05) is 11.1 Å². The highest BCUT2D eigenvalue weighted by atomic mass is 32.1. The first-order valence-corrected chi connectivity index (χ1v) is 12.3. The number of nitrogens with one attached hydrogen (secondary N) is 1. The van der Waals surface area contributed by atoms with Crippen molar-refractivity contribution in [2.45, 2.75) is 6.42 Å². The van der Waals surface area contributed by atoms with Crippen LogP contribution in [0, 0.1) is 0 Å². The Balaban J connectivity index is 1.34. The van der Waals surface area contributed by atoms with Crippen LogP contribution < -0.4 is 14.8 Å². The molecule has 0 bridgehead atoms. The molecule has 5 rings (SSSR count). The molecule has 0 saturated carbocycles. The van der Waals surface area contributed by atoms with Gasteiger partial charge in [-0.25, -0.2) is 4.98 Å². The van der Waals surface area contributed by atoms with E-state index >= 15 is 0 Å². The minimum Gasteiger partial charge on any atom is -0.496 e. The predicted molar refractivity (Wildman–Crippen MR) is 141 cm³/mol. The largest absolute Gasteiger partial charge is 0.496 e. The number of anilines is 1. The number of ether oxygens (including phenoxy) is 3. The van der Waals surface area contributed by atoms with E-state index in [0.29, 0.717) is 33.3 Å². The summed E-state index contributed by atoms with van der Waals surface area (Å²) in [6.45, 7) is -0.508. The number of nitrogens with zero attached hydrogens (tertiary/aromatic N) is 1. The Kier molecular flexibility index (Phi) is 6.96. The molecule has 37 heavy (non-hydrogen) atoms. The summed E-state index contributed by atoms with van der Waals surface area (Å²) in [5.41, 5.74) is 2.98. The third-order valence-corrected chi connectivity index (χ3v) is 6.78. The summed E-state index contributed by atoms with van der Waals surface area (Å²) >= 11 is 1.47. The second-order valence-corrected chi connectivity index (χ2v) is 9.24. The molecule has 0 atom stereocenters. The topological polar surface area (TPSA) is 104 Å². The Hall–Kier alpha value is -4.50. The molecule has 4 aromatic rings. The summed E-state index contributed by atoms with van der Waals surface area (Å²) in [4.78, 5) is 41.8. The van der Waals surface area contributed by atoms with Crippen LogP contribution in [0.1, 0.15) is 27.3 Å². The average Bonchev–Trinajstić information content (AvgIpc) is 3.35.